The fraction of sp³-hybridized carbons (Fsp3) is 0.333. The topological polar surface area (TPSA) is 84.6 Å². The maximum Gasteiger partial charge on any atom is 0.330 e. The van der Waals surface area contributed by atoms with Gasteiger partial charge in [0.25, 0.3) is 5.56 Å². The van der Waals surface area contributed by atoms with Crippen molar-refractivity contribution in [3.05, 3.63) is 74.1 Å². The Balaban J connectivity index is 1.45. The molecule has 1 aromatic carbocycles. The fourth-order valence-corrected chi connectivity index (χ4v) is 6.36. The fourth-order valence-electron chi connectivity index (χ4n) is 3.71. The molecule has 0 radical (unpaired) electrons. The van der Waals surface area contributed by atoms with Crippen molar-refractivity contribution in [3.63, 3.8) is 0 Å². The summed E-state index contributed by atoms with van der Waals surface area (Å²) >= 11 is 1.51. The third kappa shape index (κ3) is 4.20. The SMILES string of the molecule is Cn1cc(S(=O)(=O)N2CCN(Cc3ccc(-c4ccccc4F)s3)CC2)c(=O)n(C)c1=O. The summed E-state index contributed by atoms with van der Waals surface area (Å²) in [7, 11) is -1.34. The second-order valence-electron chi connectivity index (χ2n) is 7.68. The molecular formula is C21H23FN4O4S2. The monoisotopic (exact) mass is 478 g/mol. The third-order valence-corrected chi connectivity index (χ3v) is 8.53. The maximum absolute atomic E-state index is 14.0. The summed E-state index contributed by atoms with van der Waals surface area (Å²) in [6.45, 7) is 2.10. The average molecular weight is 479 g/mol. The van der Waals surface area contributed by atoms with Crippen molar-refractivity contribution in [2.45, 2.75) is 11.4 Å². The molecule has 32 heavy (non-hydrogen) atoms. The molecule has 0 atom stereocenters. The van der Waals surface area contributed by atoms with Crippen LogP contribution in [0.2, 0.25) is 0 Å². The van der Waals surface area contributed by atoms with Gasteiger partial charge < -0.3 is 4.57 Å². The van der Waals surface area contributed by atoms with Crippen molar-refractivity contribution in [1.29, 1.82) is 0 Å². The van der Waals surface area contributed by atoms with E-state index in [1.807, 2.05) is 12.1 Å². The van der Waals surface area contributed by atoms with Crippen molar-refractivity contribution in [2.24, 2.45) is 14.1 Å². The van der Waals surface area contributed by atoms with Crippen molar-refractivity contribution in [3.8, 4) is 10.4 Å². The maximum atomic E-state index is 14.0. The van der Waals surface area contributed by atoms with Crippen molar-refractivity contribution in [2.75, 3.05) is 26.2 Å². The van der Waals surface area contributed by atoms with E-state index in [0.717, 1.165) is 25.1 Å². The lowest BCUT2D eigenvalue weighted by molar-refractivity contribution is 0.183. The first-order chi connectivity index (χ1) is 15.2. The smallest absolute Gasteiger partial charge is 0.302 e. The Morgan fingerprint density at radius 1 is 1.00 bits per heavy atom. The zero-order valence-electron chi connectivity index (χ0n) is 17.7. The van der Waals surface area contributed by atoms with Gasteiger partial charge in [0, 0.05) is 68.3 Å². The number of benzene rings is 1. The van der Waals surface area contributed by atoms with Gasteiger partial charge in [-0.05, 0) is 18.2 Å². The normalized spacial score (nSPS) is 15.8. The highest BCUT2D eigenvalue weighted by Gasteiger charge is 2.31. The molecule has 1 aliphatic rings. The number of hydrogen-bond acceptors (Lipinski definition) is 6. The van der Waals surface area contributed by atoms with Crippen LogP contribution in [-0.4, -0.2) is 52.9 Å². The van der Waals surface area contributed by atoms with Gasteiger partial charge >= 0.3 is 5.69 Å². The first kappa shape index (κ1) is 22.6. The van der Waals surface area contributed by atoms with Gasteiger partial charge in [-0.25, -0.2) is 17.6 Å². The highest BCUT2D eigenvalue weighted by molar-refractivity contribution is 7.89. The quantitative estimate of drug-likeness (QED) is 0.554. The lowest BCUT2D eigenvalue weighted by Gasteiger charge is -2.33. The first-order valence-corrected chi connectivity index (χ1v) is 12.3. The van der Waals surface area contributed by atoms with Gasteiger partial charge in [-0.1, -0.05) is 18.2 Å². The second-order valence-corrected chi connectivity index (χ2v) is 10.8. The van der Waals surface area contributed by atoms with Gasteiger partial charge in [0.2, 0.25) is 10.0 Å². The Kier molecular flexibility index (Phi) is 6.17. The molecule has 0 spiro atoms. The number of thiophene rings is 1. The molecule has 0 bridgehead atoms. The van der Waals surface area contributed by atoms with Gasteiger partial charge in [-0.3, -0.25) is 14.3 Å². The Bertz CT molecular complexity index is 1370. The van der Waals surface area contributed by atoms with Crippen molar-refractivity contribution < 1.29 is 12.8 Å². The summed E-state index contributed by atoms with van der Waals surface area (Å²) in [6, 6.07) is 10.5. The number of aryl methyl sites for hydroxylation is 1. The number of hydrogen-bond donors (Lipinski definition) is 0. The molecule has 0 unspecified atom stereocenters. The van der Waals surface area contributed by atoms with Crippen LogP contribution in [0.4, 0.5) is 4.39 Å². The van der Waals surface area contributed by atoms with E-state index in [4.69, 9.17) is 0 Å². The van der Waals surface area contributed by atoms with Gasteiger partial charge in [0.15, 0.2) is 4.90 Å². The van der Waals surface area contributed by atoms with E-state index in [1.165, 1.54) is 35.8 Å². The summed E-state index contributed by atoms with van der Waals surface area (Å²) in [5.41, 5.74) is -0.835. The van der Waals surface area contributed by atoms with Gasteiger partial charge in [-0.15, -0.1) is 11.3 Å². The molecular weight excluding hydrogens is 455 g/mol. The van der Waals surface area contributed by atoms with Crippen LogP contribution in [-0.2, 0) is 30.7 Å². The molecule has 0 aliphatic carbocycles. The van der Waals surface area contributed by atoms with Crippen LogP contribution in [0.15, 0.2) is 57.1 Å². The number of aromatic nitrogens is 2. The van der Waals surface area contributed by atoms with E-state index in [9.17, 15) is 22.4 Å². The predicted octanol–water partition coefficient (Wildman–Crippen LogP) is 1.46. The highest BCUT2D eigenvalue weighted by Crippen LogP contribution is 2.30. The molecule has 170 valence electrons. The third-order valence-electron chi connectivity index (χ3n) is 5.54. The van der Waals surface area contributed by atoms with E-state index in [0.29, 0.717) is 25.2 Å². The zero-order chi connectivity index (χ0) is 23.0. The largest absolute Gasteiger partial charge is 0.330 e. The number of rotatable bonds is 5. The predicted molar refractivity (Wildman–Crippen MR) is 121 cm³/mol. The minimum atomic E-state index is -4.01. The summed E-state index contributed by atoms with van der Waals surface area (Å²) in [4.78, 5) is 27.9. The lowest BCUT2D eigenvalue weighted by Crippen LogP contribution is -2.50. The molecule has 1 fully saturated rings. The molecule has 3 heterocycles. The summed E-state index contributed by atoms with van der Waals surface area (Å²) in [5.74, 6) is -0.260. The number of nitrogens with zero attached hydrogens (tertiary/aromatic N) is 4. The number of halogens is 1. The average Bonchev–Trinajstić information content (AvgIpc) is 3.23. The van der Waals surface area contributed by atoms with E-state index < -0.39 is 26.2 Å². The molecule has 1 saturated heterocycles. The van der Waals surface area contributed by atoms with E-state index in [1.54, 1.807) is 18.2 Å². The van der Waals surface area contributed by atoms with Crippen molar-refractivity contribution in [1.82, 2.24) is 18.3 Å². The van der Waals surface area contributed by atoms with E-state index >= 15 is 0 Å². The van der Waals surface area contributed by atoms with Crippen molar-refractivity contribution >= 4 is 21.4 Å². The minimum absolute atomic E-state index is 0.236. The Labute approximate surface area is 188 Å². The first-order valence-electron chi connectivity index (χ1n) is 10.0. The molecule has 4 rings (SSSR count). The molecule has 0 amide bonds. The van der Waals surface area contributed by atoms with Crippen LogP contribution in [0.25, 0.3) is 10.4 Å². The van der Waals surface area contributed by atoms with Crippen LogP contribution in [0, 0.1) is 5.82 Å². The van der Waals surface area contributed by atoms with E-state index in [2.05, 4.69) is 4.90 Å². The van der Waals surface area contributed by atoms with Crippen LogP contribution in [0.3, 0.4) is 0 Å². The molecule has 8 nitrogen and oxygen atoms in total. The molecule has 11 heteroatoms. The molecule has 2 aromatic heterocycles. The summed E-state index contributed by atoms with van der Waals surface area (Å²) in [6.07, 6.45) is 1.09. The zero-order valence-corrected chi connectivity index (χ0v) is 19.3. The van der Waals surface area contributed by atoms with Gasteiger partial charge in [0.1, 0.15) is 5.82 Å². The summed E-state index contributed by atoms with van der Waals surface area (Å²) in [5, 5.41) is 0. The summed E-state index contributed by atoms with van der Waals surface area (Å²) < 4.78 is 43.3. The number of sulfonamides is 1. The lowest BCUT2D eigenvalue weighted by atomic mass is 10.2. The van der Waals surface area contributed by atoms with Gasteiger partial charge in [-0.2, -0.15) is 4.31 Å². The van der Waals surface area contributed by atoms with Crippen LogP contribution in [0.5, 0.6) is 0 Å². The molecule has 3 aromatic rings. The second kappa shape index (κ2) is 8.74. The minimum Gasteiger partial charge on any atom is -0.302 e. The van der Waals surface area contributed by atoms with E-state index in [-0.39, 0.29) is 18.9 Å². The highest BCUT2D eigenvalue weighted by atomic mass is 32.2. The van der Waals surface area contributed by atoms with Gasteiger partial charge in [0.05, 0.1) is 0 Å². The van der Waals surface area contributed by atoms with Crippen LogP contribution in [0.1, 0.15) is 4.88 Å². The number of piperazine rings is 1. The molecule has 1 aliphatic heterocycles. The Morgan fingerprint density at radius 2 is 1.69 bits per heavy atom. The van der Waals surface area contributed by atoms with Crippen LogP contribution >= 0.6 is 11.3 Å². The Hall–Kier alpha value is -2.60. The molecule has 0 N–H and O–H groups in total. The Morgan fingerprint density at radius 3 is 2.38 bits per heavy atom. The van der Waals surface area contributed by atoms with Crippen LogP contribution < -0.4 is 11.2 Å². The molecule has 0 saturated carbocycles. The standard InChI is InChI=1S/C21H23FN4O4S2/c1-23-14-19(20(27)24(2)21(23)28)32(29,30)26-11-9-25(10-12-26)13-15-7-8-18(31-15)16-5-3-4-6-17(16)22/h3-8,14H,9-13H2,1-2H3.